The smallest absolute Gasteiger partial charge is 0.243 e. The molecule has 3 aromatic carbocycles. The Labute approximate surface area is 197 Å². The summed E-state index contributed by atoms with van der Waals surface area (Å²) in [6, 6.07) is 23.5. The summed E-state index contributed by atoms with van der Waals surface area (Å²) in [4.78, 5) is 0.366. The fourth-order valence-electron chi connectivity index (χ4n) is 5.81. The molecule has 172 valence electrons. The standard InChI is InChI=1S/C28H31NO3S/c1-20-13-15-21(16-14-20)33(30,31)29-19-27(2,3)18-28(29,4)17-24-22-9-5-7-11-25(22)32-26-12-8-6-10-23(24)26/h5-16,24H,17-19H2,1-4H3/t28-/m0/s1. The molecular weight excluding hydrogens is 430 g/mol. The van der Waals surface area contributed by atoms with E-state index in [9.17, 15) is 8.42 Å². The van der Waals surface area contributed by atoms with Crippen molar-refractivity contribution in [2.45, 2.75) is 56.9 Å². The lowest BCUT2D eigenvalue weighted by molar-refractivity contribution is 0.234. The van der Waals surface area contributed by atoms with Gasteiger partial charge in [-0.2, -0.15) is 4.31 Å². The normalized spacial score (nSPS) is 22.4. The molecular formula is C28H31NO3S. The van der Waals surface area contributed by atoms with Crippen LogP contribution in [0, 0.1) is 12.3 Å². The van der Waals surface area contributed by atoms with E-state index < -0.39 is 15.6 Å². The molecule has 5 heteroatoms. The van der Waals surface area contributed by atoms with Gasteiger partial charge in [0.25, 0.3) is 0 Å². The molecule has 0 bridgehead atoms. The molecule has 2 aliphatic rings. The van der Waals surface area contributed by atoms with Gasteiger partial charge in [0.15, 0.2) is 0 Å². The maximum absolute atomic E-state index is 13.9. The van der Waals surface area contributed by atoms with Crippen LogP contribution in [0.2, 0.25) is 0 Å². The Kier molecular flexibility index (Phi) is 5.18. The minimum absolute atomic E-state index is 0.0563. The van der Waals surface area contributed by atoms with E-state index in [4.69, 9.17) is 4.74 Å². The quantitative estimate of drug-likeness (QED) is 0.445. The van der Waals surface area contributed by atoms with Crippen molar-refractivity contribution in [2.24, 2.45) is 5.41 Å². The van der Waals surface area contributed by atoms with E-state index in [1.54, 1.807) is 16.4 Å². The molecule has 0 amide bonds. The SMILES string of the molecule is Cc1ccc(S(=O)(=O)N2CC(C)(C)C[C@]2(C)CC2c3ccccc3Oc3ccccc32)cc1. The third-order valence-corrected chi connectivity index (χ3v) is 9.11. The van der Waals surface area contributed by atoms with Gasteiger partial charge in [0.1, 0.15) is 11.5 Å². The third-order valence-electron chi connectivity index (χ3n) is 7.09. The van der Waals surface area contributed by atoms with Crippen LogP contribution in [-0.4, -0.2) is 24.8 Å². The molecule has 0 saturated carbocycles. The first kappa shape index (κ1) is 22.2. The zero-order valence-electron chi connectivity index (χ0n) is 19.7. The number of nitrogens with zero attached hydrogens (tertiary/aromatic N) is 1. The van der Waals surface area contributed by atoms with Crippen molar-refractivity contribution in [1.29, 1.82) is 0 Å². The molecule has 0 unspecified atom stereocenters. The minimum atomic E-state index is -3.64. The van der Waals surface area contributed by atoms with E-state index >= 15 is 0 Å². The molecule has 3 aromatic rings. The number of benzene rings is 3. The highest BCUT2D eigenvalue weighted by Crippen LogP contribution is 2.53. The fraction of sp³-hybridized carbons (Fsp3) is 0.357. The molecule has 5 rings (SSSR count). The van der Waals surface area contributed by atoms with Gasteiger partial charge in [-0.15, -0.1) is 0 Å². The van der Waals surface area contributed by atoms with Crippen LogP contribution < -0.4 is 4.74 Å². The van der Waals surface area contributed by atoms with Crippen molar-refractivity contribution in [2.75, 3.05) is 6.54 Å². The highest BCUT2D eigenvalue weighted by molar-refractivity contribution is 7.89. The molecule has 2 heterocycles. The van der Waals surface area contributed by atoms with E-state index in [0.29, 0.717) is 17.9 Å². The second-order valence-electron chi connectivity index (χ2n) is 10.6. The largest absolute Gasteiger partial charge is 0.457 e. The lowest BCUT2D eigenvalue weighted by Crippen LogP contribution is -2.46. The number of hydrogen-bond donors (Lipinski definition) is 0. The highest BCUT2D eigenvalue weighted by atomic mass is 32.2. The van der Waals surface area contributed by atoms with Crippen LogP contribution in [0.15, 0.2) is 77.7 Å². The van der Waals surface area contributed by atoms with Gasteiger partial charge in [-0.1, -0.05) is 67.9 Å². The molecule has 0 radical (unpaired) electrons. The topological polar surface area (TPSA) is 46.6 Å². The Hall–Kier alpha value is -2.63. The van der Waals surface area contributed by atoms with Crippen LogP contribution in [0.1, 0.15) is 56.2 Å². The summed E-state index contributed by atoms with van der Waals surface area (Å²) in [6.07, 6.45) is 1.49. The summed E-state index contributed by atoms with van der Waals surface area (Å²) in [7, 11) is -3.64. The molecule has 33 heavy (non-hydrogen) atoms. The fourth-order valence-corrected chi connectivity index (χ4v) is 7.78. The van der Waals surface area contributed by atoms with Crippen LogP contribution in [0.3, 0.4) is 0 Å². The van der Waals surface area contributed by atoms with Crippen LogP contribution in [0.4, 0.5) is 0 Å². The number of fused-ring (bicyclic) bond motifs is 2. The lowest BCUT2D eigenvalue weighted by atomic mass is 9.75. The van der Waals surface area contributed by atoms with Gasteiger partial charge >= 0.3 is 0 Å². The van der Waals surface area contributed by atoms with Gasteiger partial charge in [-0.3, -0.25) is 0 Å². The van der Waals surface area contributed by atoms with Crippen LogP contribution in [0.25, 0.3) is 0 Å². The van der Waals surface area contributed by atoms with Crippen molar-refractivity contribution < 1.29 is 13.2 Å². The van der Waals surface area contributed by atoms with Crippen LogP contribution >= 0.6 is 0 Å². The molecule has 0 spiro atoms. The summed E-state index contributed by atoms with van der Waals surface area (Å²) < 4.78 is 35.7. The van der Waals surface area contributed by atoms with Crippen molar-refractivity contribution in [3.05, 3.63) is 89.5 Å². The summed E-state index contributed by atoms with van der Waals surface area (Å²) in [5.41, 5.74) is 2.64. The Bertz CT molecular complexity index is 1250. The first-order valence-corrected chi connectivity index (χ1v) is 13.0. The zero-order valence-corrected chi connectivity index (χ0v) is 20.5. The zero-order chi connectivity index (χ0) is 23.4. The van der Waals surface area contributed by atoms with E-state index in [1.165, 1.54) is 0 Å². The Balaban J connectivity index is 1.59. The van der Waals surface area contributed by atoms with Crippen LogP contribution in [0.5, 0.6) is 11.5 Å². The van der Waals surface area contributed by atoms with E-state index in [1.807, 2.05) is 55.5 Å². The van der Waals surface area contributed by atoms with Gasteiger partial charge in [0.2, 0.25) is 10.0 Å². The maximum atomic E-state index is 13.9. The molecule has 4 nitrogen and oxygen atoms in total. The molecule has 2 aliphatic heterocycles. The molecule has 0 N–H and O–H groups in total. The third kappa shape index (κ3) is 3.87. The van der Waals surface area contributed by atoms with Crippen molar-refractivity contribution >= 4 is 10.0 Å². The van der Waals surface area contributed by atoms with Gasteiger partial charge in [-0.25, -0.2) is 8.42 Å². The number of para-hydroxylation sites is 2. The number of aryl methyl sites for hydroxylation is 1. The number of sulfonamides is 1. The second-order valence-corrected chi connectivity index (χ2v) is 12.5. The first-order valence-electron chi connectivity index (χ1n) is 11.5. The Morgan fingerprint density at radius 1 is 0.879 bits per heavy atom. The second kappa shape index (κ2) is 7.71. The predicted molar refractivity (Wildman–Crippen MR) is 131 cm³/mol. The predicted octanol–water partition coefficient (Wildman–Crippen LogP) is 6.50. The van der Waals surface area contributed by atoms with E-state index in [0.717, 1.165) is 34.6 Å². The van der Waals surface area contributed by atoms with Crippen molar-refractivity contribution in [1.82, 2.24) is 4.31 Å². The Morgan fingerprint density at radius 2 is 1.42 bits per heavy atom. The first-order chi connectivity index (χ1) is 15.6. The minimum Gasteiger partial charge on any atom is -0.457 e. The molecule has 1 saturated heterocycles. The molecule has 0 aliphatic carbocycles. The summed E-state index contributed by atoms with van der Waals surface area (Å²) in [5.74, 6) is 1.77. The average Bonchev–Trinajstić information content (AvgIpc) is 3.03. The average molecular weight is 462 g/mol. The molecule has 0 aromatic heterocycles. The Morgan fingerprint density at radius 3 is 2.00 bits per heavy atom. The van der Waals surface area contributed by atoms with Gasteiger partial charge in [0, 0.05) is 29.1 Å². The van der Waals surface area contributed by atoms with Gasteiger partial charge in [0.05, 0.1) is 4.90 Å². The number of hydrogen-bond acceptors (Lipinski definition) is 3. The summed E-state index contributed by atoms with van der Waals surface area (Å²) in [5, 5.41) is 0. The molecule has 1 fully saturated rings. The molecule has 1 atom stereocenters. The van der Waals surface area contributed by atoms with E-state index in [2.05, 4.69) is 32.9 Å². The maximum Gasteiger partial charge on any atom is 0.243 e. The van der Waals surface area contributed by atoms with Crippen molar-refractivity contribution in [3.8, 4) is 11.5 Å². The van der Waals surface area contributed by atoms with Crippen molar-refractivity contribution in [3.63, 3.8) is 0 Å². The summed E-state index contributed by atoms with van der Waals surface area (Å²) >= 11 is 0. The summed E-state index contributed by atoms with van der Waals surface area (Å²) in [6.45, 7) is 8.93. The monoisotopic (exact) mass is 461 g/mol. The number of rotatable bonds is 4. The highest BCUT2D eigenvalue weighted by Gasteiger charge is 2.53. The number of ether oxygens (including phenoxy) is 1. The van der Waals surface area contributed by atoms with Gasteiger partial charge < -0.3 is 4.74 Å². The van der Waals surface area contributed by atoms with Gasteiger partial charge in [-0.05, 0) is 56.4 Å². The lowest BCUT2D eigenvalue weighted by Gasteiger charge is -2.39. The van der Waals surface area contributed by atoms with Crippen LogP contribution in [-0.2, 0) is 10.0 Å². The van der Waals surface area contributed by atoms with E-state index in [-0.39, 0.29) is 11.3 Å².